The first-order valence-electron chi connectivity index (χ1n) is 6.55. The molecule has 0 aromatic carbocycles. The highest BCUT2D eigenvalue weighted by Gasteiger charge is 2.21. The molecule has 1 atom stereocenters. The Balaban J connectivity index is 1.63. The molecule has 1 unspecified atom stereocenters. The molecule has 2 fully saturated rings. The van der Waals surface area contributed by atoms with Crippen LogP contribution in [0.15, 0.2) is 0 Å². The Bertz CT molecular complexity index is 195. The van der Waals surface area contributed by atoms with Crippen LogP contribution in [-0.2, 0) is 4.74 Å². The second-order valence-electron chi connectivity index (χ2n) is 4.85. The smallest absolute Gasteiger partial charge is 0.0644 e. The van der Waals surface area contributed by atoms with Gasteiger partial charge in [0.15, 0.2) is 0 Å². The van der Waals surface area contributed by atoms with Gasteiger partial charge in [0.1, 0.15) is 0 Å². The number of nitrogens with zero attached hydrogens (tertiary/aromatic N) is 2. The maximum atomic E-state index is 9.24. The van der Waals surface area contributed by atoms with E-state index in [2.05, 4.69) is 9.80 Å². The number of morpholine rings is 1. The zero-order chi connectivity index (χ0) is 11.2. The SMILES string of the molecule is OCC1COCCN1CCCN1CCCC1. The molecule has 2 rings (SSSR count). The molecule has 1 N–H and O–H groups in total. The standard InChI is InChI=1S/C12H24N2O2/c15-10-12-11-16-9-8-14(12)7-3-6-13-4-1-2-5-13/h12,15H,1-11H2. The number of likely N-dealkylation sites (tertiary alicyclic amines) is 1. The quantitative estimate of drug-likeness (QED) is 0.727. The summed E-state index contributed by atoms with van der Waals surface area (Å²) in [5.74, 6) is 0. The van der Waals surface area contributed by atoms with Crippen LogP contribution in [0.25, 0.3) is 0 Å². The van der Waals surface area contributed by atoms with Crippen LogP contribution in [0.1, 0.15) is 19.3 Å². The lowest BCUT2D eigenvalue weighted by Gasteiger charge is -2.34. The molecule has 0 aromatic heterocycles. The number of aliphatic hydroxyl groups excluding tert-OH is 1. The fourth-order valence-corrected chi connectivity index (χ4v) is 2.66. The molecule has 4 heteroatoms. The molecule has 0 amide bonds. The number of ether oxygens (including phenoxy) is 1. The average Bonchev–Trinajstić information content (AvgIpc) is 2.83. The summed E-state index contributed by atoms with van der Waals surface area (Å²) < 4.78 is 5.37. The summed E-state index contributed by atoms with van der Waals surface area (Å²) in [4.78, 5) is 4.92. The second kappa shape index (κ2) is 6.55. The third-order valence-electron chi connectivity index (χ3n) is 3.68. The van der Waals surface area contributed by atoms with Gasteiger partial charge in [-0.25, -0.2) is 0 Å². The molecular weight excluding hydrogens is 204 g/mol. The minimum atomic E-state index is 0.226. The lowest BCUT2D eigenvalue weighted by Crippen LogP contribution is -2.48. The summed E-state index contributed by atoms with van der Waals surface area (Å²) in [5.41, 5.74) is 0. The molecule has 0 spiro atoms. The van der Waals surface area contributed by atoms with Gasteiger partial charge < -0.3 is 14.7 Å². The predicted molar refractivity (Wildman–Crippen MR) is 63.6 cm³/mol. The number of rotatable bonds is 5. The van der Waals surface area contributed by atoms with E-state index in [1.807, 2.05) is 0 Å². The van der Waals surface area contributed by atoms with Gasteiger partial charge >= 0.3 is 0 Å². The lowest BCUT2D eigenvalue weighted by atomic mass is 10.2. The van der Waals surface area contributed by atoms with Gasteiger partial charge in [-0.2, -0.15) is 0 Å². The van der Waals surface area contributed by atoms with Gasteiger partial charge in [0.2, 0.25) is 0 Å². The third-order valence-corrected chi connectivity index (χ3v) is 3.68. The van der Waals surface area contributed by atoms with Gasteiger partial charge in [-0.3, -0.25) is 4.90 Å². The lowest BCUT2D eigenvalue weighted by molar-refractivity contribution is -0.0282. The van der Waals surface area contributed by atoms with Gasteiger partial charge in [-0.15, -0.1) is 0 Å². The van der Waals surface area contributed by atoms with Crippen molar-refractivity contribution in [2.45, 2.75) is 25.3 Å². The van der Waals surface area contributed by atoms with E-state index in [9.17, 15) is 5.11 Å². The van der Waals surface area contributed by atoms with Crippen molar-refractivity contribution in [2.24, 2.45) is 0 Å². The third kappa shape index (κ3) is 3.42. The molecule has 2 heterocycles. The van der Waals surface area contributed by atoms with Crippen LogP contribution in [0.4, 0.5) is 0 Å². The maximum absolute atomic E-state index is 9.24. The van der Waals surface area contributed by atoms with Crippen molar-refractivity contribution in [2.75, 3.05) is 52.5 Å². The Morgan fingerprint density at radius 2 is 1.94 bits per heavy atom. The molecule has 0 aromatic rings. The fraction of sp³-hybridized carbons (Fsp3) is 1.00. The minimum Gasteiger partial charge on any atom is -0.395 e. The van der Waals surface area contributed by atoms with Gasteiger partial charge in [-0.1, -0.05) is 0 Å². The predicted octanol–water partition coefficient (Wildman–Crippen LogP) is 0.165. The van der Waals surface area contributed by atoms with Crippen LogP contribution in [0.3, 0.4) is 0 Å². The van der Waals surface area contributed by atoms with E-state index in [1.165, 1.54) is 38.9 Å². The largest absolute Gasteiger partial charge is 0.395 e. The minimum absolute atomic E-state index is 0.226. The first-order valence-corrected chi connectivity index (χ1v) is 6.55. The fourth-order valence-electron chi connectivity index (χ4n) is 2.66. The molecule has 16 heavy (non-hydrogen) atoms. The molecule has 2 aliphatic heterocycles. The molecule has 4 nitrogen and oxygen atoms in total. The molecule has 2 aliphatic rings. The number of aliphatic hydroxyl groups is 1. The van der Waals surface area contributed by atoms with Crippen molar-refractivity contribution in [1.82, 2.24) is 9.80 Å². The molecule has 0 aliphatic carbocycles. The zero-order valence-corrected chi connectivity index (χ0v) is 10.1. The van der Waals surface area contributed by atoms with E-state index in [0.717, 1.165) is 19.7 Å². The summed E-state index contributed by atoms with van der Waals surface area (Å²) >= 11 is 0. The van der Waals surface area contributed by atoms with E-state index in [0.29, 0.717) is 6.61 Å². The first kappa shape index (κ1) is 12.3. The van der Waals surface area contributed by atoms with E-state index in [1.54, 1.807) is 0 Å². The summed E-state index contributed by atoms with van der Waals surface area (Å²) in [6, 6.07) is 0.229. The van der Waals surface area contributed by atoms with Crippen molar-refractivity contribution in [3.05, 3.63) is 0 Å². The van der Waals surface area contributed by atoms with Crippen LogP contribution in [-0.4, -0.2) is 73.5 Å². The summed E-state index contributed by atoms with van der Waals surface area (Å²) in [5, 5.41) is 9.24. The van der Waals surface area contributed by atoms with Crippen LogP contribution in [0.5, 0.6) is 0 Å². The molecule has 94 valence electrons. The van der Waals surface area contributed by atoms with Crippen LogP contribution < -0.4 is 0 Å². The van der Waals surface area contributed by atoms with Gasteiger partial charge in [0, 0.05) is 6.54 Å². The number of hydrogen-bond donors (Lipinski definition) is 1. The summed E-state index contributed by atoms with van der Waals surface area (Å²) in [6.45, 7) is 7.61. The van der Waals surface area contributed by atoms with Crippen LogP contribution >= 0.6 is 0 Å². The van der Waals surface area contributed by atoms with E-state index in [4.69, 9.17) is 4.74 Å². The maximum Gasteiger partial charge on any atom is 0.0644 e. The molecule has 0 bridgehead atoms. The van der Waals surface area contributed by atoms with Gasteiger partial charge in [-0.05, 0) is 45.4 Å². The molecular formula is C12H24N2O2. The normalized spacial score (nSPS) is 28.7. The Hall–Kier alpha value is -0.160. The van der Waals surface area contributed by atoms with E-state index < -0.39 is 0 Å². The Morgan fingerprint density at radius 3 is 2.69 bits per heavy atom. The highest BCUT2D eigenvalue weighted by atomic mass is 16.5. The average molecular weight is 228 g/mol. The van der Waals surface area contributed by atoms with Crippen molar-refractivity contribution >= 4 is 0 Å². The van der Waals surface area contributed by atoms with E-state index in [-0.39, 0.29) is 12.6 Å². The summed E-state index contributed by atoms with van der Waals surface area (Å²) in [7, 11) is 0. The van der Waals surface area contributed by atoms with E-state index >= 15 is 0 Å². The Labute approximate surface area is 98.2 Å². The van der Waals surface area contributed by atoms with Gasteiger partial charge in [0.25, 0.3) is 0 Å². The highest BCUT2D eigenvalue weighted by molar-refractivity contribution is 4.75. The summed E-state index contributed by atoms with van der Waals surface area (Å²) in [6.07, 6.45) is 3.96. The van der Waals surface area contributed by atoms with Crippen molar-refractivity contribution in [3.8, 4) is 0 Å². The van der Waals surface area contributed by atoms with Crippen LogP contribution in [0, 0.1) is 0 Å². The monoisotopic (exact) mass is 228 g/mol. The molecule has 2 saturated heterocycles. The Kier molecular flexibility index (Phi) is 5.03. The zero-order valence-electron chi connectivity index (χ0n) is 10.1. The topological polar surface area (TPSA) is 35.9 Å². The molecule has 0 radical (unpaired) electrons. The van der Waals surface area contributed by atoms with Crippen molar-refractivity contribution < 1.29 is 9.84 Å². The van der Waals surface area contributed by atoms with Crippen LogP contribution in [0.2, 0.25) is 0 Å². The highest BCUT2D eigenvalue weighted by Crippen LogP contribution is 2.10. The molecule has 0 saturated carbocycles. The van der Waals surface area contributed by atoms with Crippen molar-refractivity contribution in [1.29, 1.82) is 0 Å². The first-order chi connectivity index (χ1) is 7.90. The van der Waals surface area contributed by atoms with Crippen molar-refractivity contribution in [3.63, 3.8) is 0 Å². The number of hydrogen-bond acceptors (Lipinski definition) is 4. The van der Waals surface area contributed by atoms with Gasteiger partial charge in [0.05, 0.1) is 25.9 Å². The Morgan fingerprint density at radius 1 is 1.12 bits per heavy atom. The second-order valence-corrected chi connectivity index (χ2v) is 4.85.